The quantitative estimate of drug-likeness (QED) is 0.735. The summed E-state index contributed by atoms with van der Waals surface area (Å²) >= 11 is 0. The first-order chi connectivity index (χ1) is 12.5. The Balaban J connectivity index is 1.85. The zero-order chi connectivity index (χ0) is 18.9. The first-order valence-corrected chi connectivity index (χ1v) is 8.25. The number of ether oxygens (including phenoxy) is 3. The van der Waals surface area contributed by atoms with Gasteiger partial charge in [0.05, 0.1) is 20.6 Å². The molecule has 2 rings (SSSR count). The summed E-state index contributed by atoms with van der Waals surface area (Å²) in [6.07, 6.45) is -0.831. The van der Waals surface area contributed by atoms with Gasteiger partial charge in [0.2, 0.25) is 0 Å². The van der Waals surface area contributed by atoms with E-state index < -0.39 is 12.1 Å². The fourth-order valence-corrected chi connectivity index (χ4v) is 2.38. The van der Waals surface area contributed by atoms with E-state index in [9.17, 15) is 9.59 Å². The maximum atomic E-state index is 12.1. The second kappa shape index (κ2) is 9.46. The van der Waals surface area contributed by atoms with Gasteiger partial charge >= 0.3 is 5.97 Å². The van der Waals surface area contributed by atoms with Crippen LogP contribution in [0.2, 0.25) is 0 Å². The van der Waals surface area contributed by atoms with Crippen molar-refractivity contribution in [1.29, 1.82) is 0 Å². The molecule has 6 nitrogen and oxygen atoms in total. The Morgan fingerprint density at radius 3 is 2.31 bits per heavy atom. The summed E-state index contributed by atoms with van der Waals surface area (Å²) in [7, 11) is 3.07. The highest BCUT2D eigenvalue weighted by atomic mass is 16.5. The summed E-state index contributed by atoms with van der Waals surface area (Å²) in [5.41, 5.74) is 1.69. The van der Waals surface area contributed by atoms with E-state index in [1.165, 1.54) is 7.11 Å². The second-order valence-corrected chi connectivity index (χ2v) is 5.70. The van der Waals surface area contributed by atoms with Crippen molar-refractivity contribution in [2.24, 2.45) is 0 Å². The fourth-order valence-electron chi connectivity index (χ4n) is 2.38. The van der Waals surface area contributed by atoms with Crippen molar-refractivity contribution < 1.29 is 23.8 Å². The molecule has 138 valence electrons. The predicted octanol–water partition coefficient (Wildman–Crippen LogP) is 2.49. The average Bonchev–Trinajstić information content (AvgIpc) is 2.66. The van der Waals surface area contributed by atoms with Crippen LogP contribution in [0.3, 0.4) is 0 Å². The van der Waals surface area contributed by atoms with Crippen LogP contribution in [0.25, 0.3) is 0 Å². The van der Waals surface area contributed by atoms with E-state index in [0.29, 0.717) is 23.6 Å². The van der Waals surface area contributed by atoms with Gasteiger partial charge in [-0.1, -0.05) is 36.4 Å². The standard InChI is InChI=1S/C20H23NO5/c1-14(20(23)21-13-15-7-5-4-6-8-15)26-19(22)12-16-9-10-17(24-2)18(11-16)25-3/h4-11,14H,12-13H2,1-3H3,(H,21,23)/t14-/m1/s1. The van der Waals surface area contributed by atoms with E-state index in [0.717, 1.165) is 5.56 Å². The number of methoxy groups -OCH3 is 2. The third-order valence-corrected chi connectivity index (χ3v) is 3.78. The van der Waals surface area contributed by atoms with Crippen LogP contribution < -0.4 is 14.8 Å². The van der Waals surface area contributed by atoms with Crippen LogP contribution in [0.5, 0.6) is 11.5 Å². The molecule has 0 bridgehead atoms. The predicted molar refractivity (Wildman–Crippen MR) is 97.1 cm³/mol. The van der Waals surface area contributed by atoms with Crippen LogP contribution in [0.15, 0.2) is 48.5 Å². The van der Waals surface area contributed by atoms with E-state index in [4.69, 9.17) is 14.2 Å². The highest BCUT2D eigenvalue weighted by Gasteiger charge is 2.18. The summed E-state index contributed by atoms with van der Waals surface area (Å²) in [5, 5.41) is 2.75. The van der Waals surface area contributed by atoms with Gasteiger partial charge in [0.15, 0.2) is 17.6 Å². The zero-order valence-corrected chi connectivity index (χ0v) is 15.2. The minimum absolute atomic E-state index is 0.0384. The second-order valence-electron chi connectivity index (χ2n) is 5.70. The Bertz CT molecular complexity index is 745. The van der Waals surface area contributed by atoms with E-state index in [1.54, 1.807) is 32.2 Å². The number of carbonyl (C=O) groups excluding carboxylic acids is 2. The molecule has 0 saturated carbocycles. The van der Waals surface area contributed by atoms with Gasteiger partial charge in [-0.05, 0) is 30.2 Å². The van der Waals surface area contributed by atoms with Crippen molar-refractivity contribution in [3.8, 4) is 11.5 Å². The Morgan fingerprint density at radius 1 is 0.962 bits per heavy atom. The van der Waals surface area contributed by atoms with E-state index in [2.05, 4.69) is 5.32 Å². The Kier molecular flexibility index (Phi) is 7.02. The van der Waals surface area contributed by atoms with Gasteiger partial charge in [-0.2, -0.15) is 0 Å². The van der Waals surface area contributed by atoms with Gasteiger partial charge in [0, 0.05) is 6.54 Å². The average molecular weight is 357 g/mol. The summed E-state index contributed by atoms with van der Waals surface area (Å²) in [6, 6.07) is 14.7. The Morgan fingerprint density at radius 2 is 1.65 bits per heavy atom. The van der Waals surface area contributed by atoms with E-state index in [-0.39, 0.29) is 12.3 Å². The molecular weight excluding hydrogens is 334 g/mol. The van der Waals surface area contributed by atoms with Crippen LogP contribution in [0.1, 0.15) is 18.1 Å². The molecule has 1 atom stereocenters. The molecule has 0 radical (unpaired) electrons. The first-order valence-electron chi connectivity index (χ1n) is 8.25. The first kappa shape index (κ1) is 19.3. The number of benzene rings is 2. The lowest BCUT2D eigenvalue weighted by Crippen LogP contribution is -2.35. The van der Waals surface area contributed by atoms with E-state index >= 15 is 0 Å². The maximum Gasteiger partial charge on any atom is 0.311 e. The van der Waals surface area contributed by atoms with Gasteiger partial charge in [-0.25, -0.2) is 0 Å². The van der Waals surface area contributed by atoms with Crippen LogP contribution >= 0.6 is 0 Å². The highest BCUT2D eigenvalue weighted by Crippen LogP contribution is 2.27. The molecule has 2 aromatic carbocycles. The summed E-state index contributed by atoms with van der Waals surface area (Å²) in [5.74, 6) is 0.291. The number of esters is 1. The van der Waals surface area contributed by atoms with E-state index in [1.807, 2.05) is 30.3 Å². The minimum Gasteiger partial charge on any atom is -0.493 e. The molecule has 6 heteroatoms. The SMILES string of the molecule is COc1ccc(CC(=O)O[C@H](C)C(=O)NCc2ccccc2)cc1OC. The zero-order valence-electron chi connectivity index (χ0n) is 15.2. The van der Waals surface area contributed by atoms with Gasteiger partial charge in [0.1, 0.15) is 0 Å². The number of hydrogen-bond acceptors (Lipinski definition) is 5. The normalized spacial score (nSPS) is 11.3. The van der Waals surface area contributed by atoms with Crippen LogP contribution in [-0.4, -0.2) is 32.2 Å². The van der Waals surface area contributed by atoms with Crippen molar-refractivity contribution in [3.05, 3.63) is 59.7 Å². The Hall–Kier alpha value is -3.02. The molecule has 2 aromatic rings. The summed E-state index contributed by atoms with van der Waals surface area (Å²) in [4.78, 5) is 24.1. The topological polar surface area (TPSA) is 73.9 Å². The third kappa shape index (κ3) is 5.51. The highest BCUT2D eigenvalue weighted by molar-refractivity contribution is 5.83. The Labute approximate surface area is 153 Å². The molecule has 0 fully saturated rings. The number of hydrogen-bond donors (Lipinski definition) is 1. The molecular formula is C20H23NO5. The summed E-state index contributed by atoms with van der Waals surface area (Å²) in [6.45, 7) is 1.93. The minimum atomic E-state index is -0.869. The lowest BCUT2D eigenvalue weighted by molar-refractivity contribution is -0.154. The van der Waals surface area contributed by atoms with Crippen molar-refractivity contribution in [2.75, 3.05) is 14.2 Å². The van der Waals surface area contributed by atoms with Crippen LogP contribution in [0.4, 0.5) is 0 Å². The van der Waals surface area contributed by atoms with Crippen LogP contribution in [-0.2, 0) is 27.3 Å². The van der Waals surface area contributed by atoms with Gasteiger partial charge in [-0.3, -0.25) is 9.59 Å². The molecule has 0 heterocycles. The third-order valence-electron chi connectivity index (χ3n) is 3.78. The molecule has 1 amide bonds. The molecule has 0 aliphatic carbocycles. The number of amides is 1. The number of rotatable bonds is 8. The molecule has 0 aromatic heterocycles. The van der Waals surface area contributed by atoms with Gasteiger partial charge < -0.3 is 19.5 Å². The molecule has 0 saturated heterocycles. The van der Waals surface area contributed by atoms with Crippen molar-refractivity contribution >= 4 is 11.9 Å². The monoisotopic (exact) mass is 357 g/mol. The van der Waals surface area contributed by atoms with Crippen molar-refractivity contribution in [2.45, 2.75) is 26.0 Å². The molecule has 1 N–H and O–H groups in total. The van der Waals surface area contributed by atoms with Gasteiger partial charge in [-0.15, -0.1) is 0 Å². The lowest BCUT2D eigenvalue weighted by Gasteiger charge is -2.14. The number of carbonyl (C=O) groups is 2. The molecule has 0 aliphatic heterocycles. The van der Waals surface area contributed by atoms with Crippen molar-refractivity contribution in [3.63, 3.8) is 0 Å². The smallest absolute Gasteiger partial charge is 0.311 e. The van der Waals surface area contributed by atoms with Gasteiger partial charge in [0.25, 0.3) is 5.91 Å². The largest absolute Gasteiger partial charge is 0.493 e. The molecule has 0 spiro atoms. The lowest BCUT2D eigenvalue weighted by atomic mass is 10.1. The molecule has 0 unspecified atom stereocenters. The van der Waals surface area contributed by atoms with Crippen molar-refractivity contribution in [1.82, 2.24) is 5.32 Å². The number of nitrogens with one attached hydrogen (secondary N) is 1. The summed E-state index contributed by atoms with van der Waals surface area (Å²) < 4.78 is 15.6. The van der Waals surface area contributed by atoms with Crippen LogP contribution in [0, 0.1) is 0 Å². The fraction of sp³-hybridized carbons (Fsp3) is 0.300. The molecule has 26 heavy (non-hydrogen) atoms. The molecule has 0 aliphatic rings. The maximum absolute atomic E-state index is 12.1.